The standard InChI is InChI=1S/C29H30BrN3O6/c1-5-38-26-16-21(23(30)17-27(26)39-6-2)18-31-33-29(35)24(32-28(34)19-10-8-7-9-11-19)15-20-14-22(36-3)12-13-25(20)37-4/h7-18H,5-6H2,1-4H3,(H,32,34)(H,33,35)/b24-15-,31-18+. The van der Waals surface area contributed by atoms with Crippen LogP contribution in [0, 0.1) is 0 Å². The van der Waals surface area contributed by atoms with Gasteiger partial charge in [-0.25, -0.2) is 5.43 Å². The summed E-state index contributed by atoms with van der Waals surface area (Å²) in [6.45, 7) is 4.70. The van der Waals surface area contributed by atoms with Crippen molar-refractivity contribution in [3.8, 4) is 23.0 Å². The van der Waals surface area contributed by atoms with Crippen LogP contribution in [0.2, 0.25) is 0 Å². The molecule has 0 atom stereocenters. The van der Waals surface area contributed by atoms with Crippen LogP contribution in [0.15, 0.2) is 75.9 Å². The molecule has 2 N–H and O–H groups in total. The summed E-state index contributed by atoms with van der Waals surface area (Å²) in [4.78, 5) is 26.1. The summed E-state index contributed by atoms with van der Waals surface area (Å²) < 4.78 is 22.7. The van der Waals surface area contributed by atoms with Crippen LogP contribution in [0.1, 0.15) is 35.3 Å². The summed E-state index contributed by atoms with van der Waals surface area (Å²) in [5.41, 5.74) is 3.99. The van der Waals surface area contributed by atoms with Crippen LogP contribution in [0.5, 0.6) is 23.0 Å². The number of hydrogen-bond donors (Lipinski definition) is 2. The van der Waals surface area contributed by atoms with Crippen LogP contribution >= 0.6 is 15.9 Å². The smallest absolute Gasteiger partial charge is 0.287 e. The second kappa shape index (κ2) is 14.6. The number of nitrogens with one attached hydrogen (secondary N) is 2. The fourth-order valence-corrected chi connectivity index (χ4v) is 3.88. The summed E-state index contributed by atoms with van der Waals surface area (Å²) in [5, 5.41) is 6.77. The number of ether oxygens (including phenoxy) is 4. The highest BCUT2D eigenvalue weighted by Crippen LogP contribution is 2.33. The first-order valence-corrected chi connectivity index (χ1v) is 12.9. The first kappa shape index (κ1) is 29.2. The number of hydrazone groups is 1. The van der Waals surface area contributed by atoms with Crippen LogP contribution < -0.4 is 29.7 Å². The number of carbonyl (C=O) groups excluding carboxylic acids is 2. The van der Waals surface area contributed by atoms with Crippen molar-refractivity contribution in [1.29, 1.82) is 0 Å². The van der Waals surface area contributed by atoms with Gasteiger partial charge in [0.25, 0.3) is 11.8 Å². The number of halogens is 1. The van der Waals surface area contributed by atoms with Crippen LogP contribution in [0.4, 0.5) is 0 Å². The zero-order valence-corrected chi connectivity index (χ0v) is 23.7. The Morgan fingerprint density at radius 3 is 2.21 bits per heavy atom. The lowest BCUT2D eigenvalue weighted by molar-refractivity contribution is -0.117. The second-order valence-electron chi connectivity index (χ2n) is 7.87. The molecule has 0 aliphatic carbocycles. The van der Waals surface area contributed by atoms with E-state index in [1.54, 1.807) is 60.7 Å². The fraction of sp³-hybridized carbons (Fsp3) is 0.207. The summed E-state index contributed by atoms with van der Waals surface area (Å²) >= 11 is 3.50. The van der Waals surface area contributed by atoms with Crippen molar-refractivity contribution in [1.82, 2.24) is 10.7 Å². The van der Waals surface area contributed by atoms with E-state index in [-0.39, 0.29) is 5.70 Å². The van der Waals surface area contributed by atoms with E-state index in [4.69, 9.17) is 18.9 Å². The highest BCUT2D eigenvalue weighted by Gasteiger charge is 2.16. The van der Waals surface area contributed by atoms with Gasteiger partial charge in [0.05, 0.1) is 33.6 Å². The molecule has 3 rings (SSSR count). The van der Waals surface area contributed by atoms with Gasteiger partial charge in [-0.1, -0.05) is 18.2 Å². The Morgan fingerprint density at radius 1 is 0.872 bits per heavy atom. The van der Waals surface area contributed by atoms with Crippen molar-refractivity contribution in [3.05, 3.63) is 87.5 Å². The van der Waals surface area contributed by atoms with Crippen LogP contribution in [0.3, 0.4) is 0 Å². The Hall–Kier alpha value is -4.31. The number of amides is 2. The van der Waals surface area contributed by atoms with E-state index in [1.807, 2.05) is 13.8 Å². The van der Waals surface area contributed by atoms with Crippen LogP contribution in [-0.2, 0) is 4.79 Å². The first-order chi connectivity index (χ1) is 18.9. The van der Waals surface area contributed by atoms with Gasteiger partial charge in [-0.2, -0.15) is 5.10 Å². The summed E-state index contributed by atoms with van der Waals surface area (Å²) in [7, 11) is 3.04. The minimum absolute atomic E-state index is 0.0479. The quantitative estimate of drug-likeness (QED) is 0.170. The molecule has 0 bridgehead atoms. The number of hydrogen-bond acceptors (Lipinski definition) is 7. The maximum Gasteiger partial charge on any atom is 0.287 e. The Balaban J connectivity index is 1.91. The van der Waals surface area contributed by atoms with Crippen molar-refractivity contribution >= 4 is 40.0 Å². The molecule has 3 aromatic carbocycles. The molecule has 3 aromatic rings. The first-order valence-electron chi connectivity index (χ1n) is 12.1. The van der Waals surface area contributed by atoms with E-state index < -0.39 is 11.8 Å². The molecule has 39 heavy (non-hydrogen) atoms. The van der Waals surface area contributed by atoms with Gasteiger partial charge in [-0.05, 0) is 78.3 Å². The number of benzene rings is 3. The lowest BCUT2D eigenvalue weighted by Gasteiger charge is -2.13. The normalized spacial score (nSPS) is 11.2. The molecule has 2 amide bonds. The number of nitrogens with zero attached hydrogens (tertiary/aromatic N) is 1. The monoisotopic (exact) mass is 595 g/mol. The van der Waals surface area contributed by atoms with E-state index >= 15 is 0 Å². The van der Waals surface area contributed by atoms with Crippen molar-refractivity contribution in [2.75, 3.05) is 27.4 Å². The zero-order valence-electron chi connectivity index (χ0n) is 22.1. The van der Waals surface area contributed by atoms with E-state index in [0.29, 0.717) is 57.4 Å². The van der Waals surface area contributed by atoms with Crippen LogP contribution in [-0.4, -0.2) is 45.5 Å². The van der Waals surface area contributed by atoms with Crippen molar-refractivity contribution in [3.63, 3.8) is 0 Å². The van der Waals surface area contributed by atoms with Gasteiger partial charge in [0.2, 0.25) is 0 Å². The molecule has 0 saturated heterocycles. The third-order valence-corrected chi connectivity index (χ3v) is 5.98. The third-order valence-electron chi connectivity index (χ3n) is 5.30. The van der Waals surface area contributed by atoms with Crippen molar-refractivity contribution < 1.29 is 28.5 Å². The fourth-order valence-electron chi connectivity index (χ4n) is 3.46. The number of carbonyl (C=O) groups is 2. The zero-order chi connectivity index (χ0) is 28.2. The maximum atomic E-state index is 13.2. The van der Waals surface area contributed by atoms with Crippen molar-refractivity contribution in [2.45, 2.75) is 13.8 Å². The van der Waals surface area contributed by atoms with E-state index in [2.05, 4.69) is 31.8 Å². The van der Waals surface area contributed by atoms with Crippen LogP contribution in [0.25, 0.3) is 6.08 Å². The van der Waals surface area contributed by atoms with E-state index in [9.17, 15) is 9.59 Å². The lowest BCUT2D eigenvalue weighted by Crippen LogP contribution is -2.32. The van der Waals surface area contributed by atoms with Gasteiger partial charge >= 0.3 is 0 Å². The molecular weight excluding hydrogens is 566 g/mol. The largest absolute Gasteiger partial charge is 0.497 e. The Kier molecular flexibility index (Phi) is 10.9. The summed E-state index contributed by atoms with van der Waals surface area (Å²) in [6.07, 6.45) is 2.95. The van der Waals surface area contributed by atoms with Gasteiger partial charge in [0.1, 0.15) is 17.2 Å². The SMILES string of the molecule is CCOc1cc(Br)c(/C=N/NC(=O)/C(=C/c2cc(OC)ccc2OC)NC(=O)c2ccccc2)cc1OCC. The third kappa shape index (κ3) is 8.08. The Morgan fingerprint density at radius 2 is 1.56 bits per heavy atom. The molecule has 0 radical (unpaired) electrons. The topological polar surface area (TPSA) is 107 Å². The number of methoxy groups -OCH3 is 2. The molecule has 0 aromatic heterocycles. The molecule has 0 saturated carbocycles. The molecule has 0 aliphatic rings. The predicted molar refractivity (Wildman–Crippen MR) is 154 cm³/mol. The maximum absolute atomic E-state index is 13.2. The predicted octanol–water partition coefficient (Wildman–Crippen LogP) is 5.18. The van der Waals surface area contributed by atoms with E-state index in [1.165, 1.54) is 26.5 Å². The highest BCUT2D eigenvalue weighted by molar-refractivity contribution is 9.10. The minimum Gasteiger partial charge on any atom is -0.497 e. The molecule has 0 spiro atoms. The molecule has 0 aliphatic heterocycles. The van der Waals surface area contributed by atoms with Gasteiger partial charge in [0.15, 0.2) is 11.5 Å². The molecule has 10 heteroatoms. The Bertz CT molecular complexity index is 1360. The molecular formula is C29H30BrN3O6. The van der Waals surface area contributed by atoms with Gasteiger partial charge in [-0.15, -0.1) is 0 Å². The average molecular weight is 596 g/mol. The molecule has 0 fully saturated rings. The van der Waals surface area contributed by atoms with Gasteiger partial charge in [-0.3, -0.25) is 9.59 Å². The molecule has 0 heterocycles. The van der Waals surface area contributed by atoms with Crippen molar-refractivity contribution in [2.24, 2.45) is 5.10 Å². The summed E-state index contributed by atoms with van der Waals surface area (Å²) in [5.74, 6) is 1.08. The van der Waals surface area contributed by atoms with E-state index in [0.717, 1.165) is 0 Å². The average Bonchev–Trinajstić information content (AvgIpc) is 2.95. The second-order valence-corrected chi connectivity index (χ2v) is 8.73. The van der Waals surface area contributed by atoms with Gasteiger partial charge < -0.3 is 24.3 Å². The minimum atomic E-state index is -0.646. The van der Waals surface area contributed by atoms with Gasteiger partial charge in [0, 0.05) is 21.2 Å². The molecule has 204 valence electrons. The lowest BCUT2D eigenvalue weighted by atomic mass is 10.1. The highest BCUT2D eigenvalue weighted by atomic mass is 79.9. The number of rotatable bonds is 12. The summed E-state index contributed by atoms with van der Waals surface area (Å²) in [6, 6.07) is 17.2. The molecule has 0 unspecified atom stereocenters. The molecule has 9 nitrogen and oxygen atoms in total. The Labute approximate surface area is 235 Å².